The molecule has 2 aromatic rings. The highest BCUT2D eigenvalue weighted by Crippen LogP contribution is 2.19. The Kier molecular flexibility index (Phi) is 5.01. The van der Waals surface area contributed by atoms with Crippen LogP contribution in [0.4, 0.5) is 0 Å². The molecule has 2 aliphatic heterocycles. The fourth-order valence-corrected chi connectivity index (χ4v) is 3.74. The number of nitrogens with one attached hydrogen (secondary N) is 1. The quantitative estimate of drug-likeness (QED) is 0.857. The van der Waals surface area contributed by atoms with Gasteiger partial charge in [0.25, 0.3) is 5.91 Å². The molecule has 7 heteroatoms. The van der Waals surface area contributed by atoms with Crippen LogP contribution in [0.1, 0.15) is 16.8 Å². The normalized spacial score (nSPS) is 24.6. The maximum Gasteiger partial charge on any atom is 0.253 e. The van der Waals surface area contributed by atoms with E-state index in [2.05, 4.69) is 15.1 Å². The number of ether oxygens (including phenoxy) is 1. The van der Waals surface area contributed by atoms with Crippen molar-refractivity contribution in [2.75, 3.05) is 39.4 Å². The number of aliphatic hydroxyl groups is 1. The molecule has 138 valence electrons. The molecule has 2 N–H and O–H groups in total. The highest BCUT2D eigenvalue weighted by atomic mass is 16.5. The van der Waals surface area contributed by atoms with Gasteiger partial charge in [0.15, 0.2) is 0 Å². The minimum atomic E-state index is -0.424. The van der Waals surface area contributed by atoms with Crippen LogP contribution >= 0.6 is 0 Å². The van der Waals surface area contributed by atoms with Gasteiger partial charge in [-0.2, -0.15) is 5.10 Å². The molecule has 0 aliphatic carbocycles. The first-order valence-corrected chi connectivity index (χ1v) is 9.11. The molecule has 4 rings (SSSR count). The van der Waals surface area contributed by atoms with Crippen molar-refractivity contribution in [1.82, 2.24) is 20.0 Å². The highest BCUT2D eigenvalue weighted by molar-refractivity contribution is 5.94. The number of nitrogens with zero attached hydrogens (tertiary/aromatic N) is 3. The number of aromatic nitrogens is 2. The third kappa shape index (κ3) is 3.51. The van der Waals surface area contributed by atoms with Gasteiger partial charge in [-0.05, 0) is 30.2 Å². The lowest BCUT2D eigenvalue weighted by molar-refractivity contribution is 0.0725. The maximum absolute atomic E-state index is 12.9. The number of carbonyl (C=O) groups excluding carboxylic acids is 1. The molecular weight excluding hydrogens is 332 g/mol. The Balaban J connectivity index is 1.40. The minimum absolute atomic E-state index is 0.0544. The molecule has 1 amide bonds. The standard InChI is InChI=1S/C19H24N4O3/c24-18-13-26-12-17(18)22-8-1-9-23(11-10-22)19(25)15-4-2-14(3-5-15)16-6-7-20-21-16/h2-7,17-18,24H,1,8-13H2,(H,20,21). The number of rotatable bonds is 3. The second-order valence-electron chi connectivity index (χ2n) is 6.90. The van der Waals surface area contributed by atoms with Crippen molar-refractivity contribution in [2.24, 2.45) is 0 Å². The predicted molar refractivity (Wildman–Crippen MR) is 96.7 cm³/mol. The van der Waals surface area contributed by atoms with E-state index in [1.165, 1.54) is 0 Å². The molecular formula is C19H24N4O3. The van der Waals surface area contributed by atoms with E-state index >= 15 is 0 Å². The van der Waals surface area contributed by atoms with Crippen LogP contribution in [0.15, 0.2) is 36.5 Å². The molecule has 2 unspecified atom stereocenters. The fraction of sp³-hybridized carbons (Fsp3) is 0.474. The number of H-pyrrole nitrogens is 1. The predicted octanol–water partition coefficient (Wildman–Crippen LogP) is 0.984. The fourth-order valence-electron chi connectivity index (χ4n) is 3.74. The molecule has 1 aromatic carbocycles. The smallest absolute Gasteiger partial charge is 0.253 e. The van der Waals surface area contributed by atoms with Crippen LogP contribution in [0.25, 0.3) is 11.3 Å². The van der Waals surface area contributed by atoms with E-state index in [-0.39, 0.29) is 11.9 Å². The number of amides is 1. The molecule has 2 saturated heterocycles. The topological polar surface area (TPSA) is 81.7 Å². The van der Waals surface area contributed by atoms with Gasteiger partial charge >= 0.3 is 0 Å². The van der Waals surface area contributed by atoms with Crippen LogP contribution in [-0.2, 0) is 4.74 Å². The zero-order valence-electron chi connectivity index (χ0n) is 14.7. The molecule has 7 nitrogen and oxygen atoms in total. The van der Waals surface area contributed by atoms with Crippen molar-refractivity contribution >= 4 is 5.91 Å². The molecule has 0 spiro atoms. The second-order valence-corrected chi connectivity index (χ2v) is 6.90. The summed E-state index contributed by atoms with van der Waals surface area (Å²) < 4.78 is 5.37. The van der Waals surface area contributed by atoms with Crippen molar-refractivity contribution in [3.63, 3.8) is 0 Å². The molecule has 26 heavy (non-hydrogen) atoms. The summed E-state index contributed by atoms with van der Waals surface area (Å²) in [6.07, 6.45) is 2.19. The molecule has 0 bridgehead atoms. The van der Waals surface area contributed by atoms with E-state index < -0.39 is 6.10 Å². The molecule has 0 saturated carbocycles. The molecule has 2 fully saturated rings. The van der Waals surface area contributed by atoms with Gasteiger partial charge < -0.3 is 14.7 Å². The lowest BCUT2D eigenvalue weighted by Gasteiger charge is -2.28. The Labute approximate surface area is 152 Å². The zero-order chi connectivity index (χ0) is 17.9. The molecule has 1 aromatic heterocycles. The first-order valence-electron chi connectivity index (χ1n) is 9.11. The van der Waals surface area contributed by atoms with E-state index in [9.17, 15) is 9.90 Å². The number of benzene rings is 1. The van der Waals surface area contributed by atoms with Crippen molar-refractivity contribution in [1.29, 1.82) is 0 Å². The summed E-state index contributed by atoms with van der Waals surface area (Å²) in [4.78, 5) is 17.0. The average Bonchev–Trinajstić information content (AvgIpc) is 3.29. The molecule has 3 heterocycles. The van der Waals surface area contributed by atoms with Gasteiger partial charge in [0.2, 0.25) is 0 Å². The number of aromatic amines is 1. The van der Waals surface area contributed by atoms with E-state index in [4.69, 9.17) is 4.74 Å². The van der Waals surface area contributed by atoms with Crippen LogP contribution in [0.2, 0.25) is 0 Å². The number of hydrogen-bond donors (Lipinski definition) is 2. The number of aliphatic hydroxyl groups excluding tert-OH is 1. The van der Waals surface area contributed by atoms with Crippen LogP contribution in [0, 0.1) is 0 Å². The van der Waals surface area contributed by atoms with Crippen LogP contribution in [0.3, 0.4) is 0 Å². The Hall–Kier alpha value is -2.22. The van der Waals surface area contributed by atoms with Crippen molar-refractivity contribution in [3.05, 3.63) is 42.1 Å². The Morgan fingerprint density at radius 2 is 1.96 bits per heavy atom. The third-order valence-corrected chi connectivity index (χ3v) is 5.25. The summed E-state index contributed by atoms with van der Waals surface area (Å²) in [5.74, 6) is 0.0613. The van der Waals surface area contributed by atoms with Crippen LogP contribution in [-0.4, -0.2) is 82.5 Å². The van der Waals surface area contributed by atoms with Gasteiger partial charge in [-0.1, -0.05) is 12.1 Å². The Morgan fingerprint density at radius 3 is 2.65 bits per heavy atom. The van der Waals surface area contributed by atoms with Crippen LogP contribution in [0.5, 0.6) is 0 Å². The van der Waals surface area contributed by atoms with Gasteiger partial charge in [0.05, 0.1) is 31.1 Å². The first kappa shape index (κ1) is 17.2. The van der Waals surface area contributed by atoms with Gasteiger partial charge in [-0.3, -0.25) is 14.8 Å². The van der Waals surface area contributed by atoms with E-state index in [1.54, 1.807) is 6.20 Å². The van der Waals surface area contributed by atoms with Gasteiger partial charge in [0.1, 0.15) is 0 Å². The monoisotopic (exact) mass is 356 g/mol. The largest absolute Gasteiger partial charge is 0.389 e. The lowest BCUT2D eigenvalue weighted by atomic mass is 10.1. The Bertz CT molecular complexity index is 732. The van der Waals surface area contributed by atoms with Crippen molar-refractivity contribution in [2.45, 2.75) is 18.6 Å². The minimum Gasteiger partial charge on any atom is -0.389 e. The second kappa shape index (κ2) is 7.57. The lowest BCUT2D eigenvalue weighted by Crippen LogP contribution is -2.45. The molecule has 2 aliphatic rings. The Morgan fingerprint density at radius 1 is 1.12 bits per heavy atom. The highest BCUT2D eigenvalue weighted by Gasteiger charge is 2.33. The van der Waals surface area contributed by atoms with Gasteiger partial charge in [0, 0.05) is 37.9 Å². The summed E-state index contributed by atoms with van der Waals surface area (Å²) in [7, 11) is 0. The van der Waals surface area contributed by atoms with Gasteiger partial charge in [-0.25, -0.2) is 0 Å². The van der Waals surface area contributed by atoms with Crippen LogP contribution < -0.4 is 0 Å². The number of hydrogen-bond acceptors (Lipinski definition) is 5. The SMILES string of the molecule is O=C(c1ccc(-c2ccn[nH]2)cc1)N1CCCN(C2COCC2O)CC1. The summed E-state index contributed by atoms with van der Waals surface area (Å²) in [6, 6.07) is 9.58. The average molecular weight is 356 g/mol. The summed E-state index contributed by atoms with van der Waals surface area (Å²) >= 11 is 0. The third-order valence-electron chi connectivity index (χ3n) is 5.25. The van der Waals surface area contributed by atoms with Crippen molar-refractivity contribution in [3.8, 4) is 11.3 Å². The van der Waals surface area contributed by atoms with E-state index in [0.29, 0.717) is 25.3 Å². The van der Waals surface area contributed by atoms with E-state index in [0.717, 1.165) is 37.3 Å². The summed E-state index contributed by atoms with van der Waals surface area (Å²) in [5, 5.41) is 16.9. The molecule has 2 atom stereocenters. The summed E-state index contributed by atoms with van der Waals surface area (Å²) in [5.41, 5.74) is 2.65. The van der Waals surface area contributed by atoms with E-state index in [1.807, 2.05) is 35.2 Å². The zero-order valence-corrected chi connectivity index (χ0v) is 14.7. The number of carbonyl (C=O) groups is 1. The summed E-state index contributed by atoms with van der Waals surface area (Å²) in [6.45, 7) is 4.04. The van der Waals surface area contributed by atoms with Crippen molar-refractivity contribution < 1.29 is 14.6 Å². The van der Waals surface area contributed by atoms with Gasteiger partial charge in [-0.15, -0.1) is 0 Å². The maximum atomic E-state index is 12.9. The molecule has 0 radical (unpaired) electrons. The first-order chi connectivity index (χ1) is 12.7.